The summed E-state index contributed by atoms with van der Waals surface area (Å²) in [7, 11) is 3.53. The number of thiophene rings is 1. The van der Waals surface area contributed by atoms with Crippen molar-refractivity contribution in [1.29, 1.82) is 0 Å². The van der Waals surface area contributed by atoms with E-state index in [9.17, 15) is 4.79 Å². The number of rotatable bonds is 5. The number of carbonyl (C=O) groups is 1. The third kappa shape index (κ3) is 5.57. The minimum atomic E-state index is 0. The van der Waals surface area contributed by atoms with Crippen LogP contribution in [0.1, 0.15) is 35.4 Å². The van der Waals surface area contributed by atoms with E-state index in [0.717, 1.165) is 24.3 Å². The monoisotopic (exact) mass is 476 g/mol. The third-order valence-corrected chi connectivity index (χ3v) is 6.16. The lowest BCUT2D eigenvalue weighted by atomic mass is 9.95. The topological polar surface area (TPSA) is 56.7 Å². The first-order valence-corrected chi connectivity index (χ1v) is 9.63. The molecule has 0 spiro atoms. The van der Waals surface area contributed by atoms with Crippen LogP contribution in [0.15, 0.2) is 17.1 Å². The average molecular weight is 476 g/mol. The molecule has 0 radical (unpaired) electrons. The van der Waals surface area contributed by atoms with Crippen LogP contribution in [0.2, 0.25) is 0 Å². The predicted octanol–water partition coefficient (Wildman–Crippen LogP) is 2.99. The zero-order valence-corrected chi connectivity index (χ0v) is 18.4. The van der Waals surface area contributed by atoms with Crippen molar-refractivity contribution in [2.45, 2.75) is 45.2 Å². The maximum atomic E-state index is 11.9. The van der Waals surface area contributed by atoms with Crippen molar-refractivity contribution in [2.24, 2.45) is 16.8 Å². The largest absolute Gasteiger partial charge is 0.353 e. The summed E-state index contributed by atoms with van der Waals surface area (Å²) in [5.74, 6) is 2.46. The maximum Gasteiger partial charge on any atom is 0.243 e. The van der Waals surface area contributed by atoms with Gasteiger partial charge >= 0.3 is 0 Å². The molecule has 2 aliphatic rings. The van der Waals surface area contributed by atoms with Gasteiger partial charge in [-0.25, -0.2) is 4.99 Å². The highest BCUT2D eigenvalue weighted by Crippen LogP contribution is 2.44. The molecule has 2 aliphatic carbocycles. The molecule has 3 rings (SSSR count). The number of aliphatic imine (C=N–C) groups is 1. The molecular formula is C18H29IN4OS. The number of carbonyl (C=O) groups excluding carboxylic acids is 1. The molecule has 3 unspecified atom stereocenters. The van der Waals surface area contributed by atoms with Gasteiger partial charge in [-0.3, -0.25) is 4.79 Å². The highest BCUT2D eigenvalue weighted by molar-refractivity contribution is 14.0. The van der Waals surface area contributed by atoms with E-state index in [2.05, 4.69) is 34.7 Å². The Bertz CT molecular complexity index is 616. The minimum Gasteiger partial charge on any atom is -0.353 e. The molecule has 2 saturated carbocycles. The van der Waals surface area contributed by atoms with Crippen LogP contribution >= 0.6 is 35.3 Å². The van der Waals surface area contributed by atoms with Gasteiger partial charge in [0.05, 0.1) is 6.54 Å². The Labute approximate surface area is 171 Å². The lowest BCUT2D eigenvalue weighted by Crippen LogP contribution is -2.45. The number of likely N-dealkylation sites (N-methyl/N-ethyl adjacent to an activating group) is 1. The Kier molecular flexibility index (Phi) is 7.54. The SMILES string of the molecule is Cc1ccc(CNC(=NCC(=O)N(C)C)NC2CC3CCC2C3)s1.I. The van der Waals surface area contributed by atoms with E-state index in [1.54, 1.807) is 30.3 Å². The van der Waals surface area contributed by atoms with Crippen LogP contribution in [0.5, 0.6) is 0 Å². The van der Waals surface area contributed by atoms with Crippen molar-refractivity contribution in [3.8, 4) is 0 Å². The fourth-order valence-electron chi connectivity index (χ4n) is 3.79. The number of nitrogens with zero attached hydrogens (tertiary/aromatic N) is 2. The van der Waals surface area contributed by atoms with Crippen molar-refractivity contribution in [1.82, 2.24) is 15.5 Å². The van der Waals surface area contributed by atoms with E-state index in [-0.39, 0.29) is 36.4 Å². The van der Waals surface area contributed by atoms with Gasteiger partial charge in [0.1, 0.15) is 6.54 Å². The second-order valence-corrected chi connectivity index (χ2v) is 8.62. The van der Waals surface area contributed by atoms with Crippen LogP contribution < -0.4 is 10.6 Å². The molecule has 1 aromatic heterocycles. The van der Waals surface area contributed by atoms with Gasteiger partial charge in [-0.15, -0.1) is 35.3 Å². The van der Waals surface area contributed by atoms with Crippen molar-refractivity contribution in [2.75, 3.05) is 20.6 Å². The summed E-state index contributed by atoms with van der Waals surface area (Å²) in [5.41, 5.74) is 0. The Morgan fingerprint density at radius 1 is 1.32 bits per heavy atom. The van der Waals surface area contributed by atoms with Crippen molar-refractivity contribution in [3.05, 3.63) is 21.9 Å². The van der Waals surface area contributed by atoms with E-state index < -0.39 is 0 Å². The van der Waals surface area contributed by atoms with Crippen molar-refractivity contribution >= 4 is 47.2 Å². The Morgan fingerprint density at radius 2 is 2.12 bits per heavy atom. The molecule has 3 atom stereocenters. The van der Waals surface area contributed by atoms with Crippen LogP contribution in [-0.4, -0.2) is 43.4 Å². The minimum absolute atomic E-state index is 0. The quantitative estimate of drug-likeness (QED) is 0.391. The van der Waals surface area contributed by atoms with Gasteiger partial charge in [0.15, 0.2) is 5.96 Å². The summed E-state index contributed by atoms with van der Waals surface area (Å²) in [6.07, 6.45) is 5.31. The number of guanidine groups is 1. The molecule has 0 aromatic carbocycles. The van der Waals surface area contributed by atoms with Gasteiger partial charge in [0, 0.05) is 29.9 Å². The summed E-state index contributed by atoms with van der Waals surface area (Å²) in [5, 5.41) is 7.00. The van der Waals surface area contributed by atoms with E-state index in [0.29, 0.717) is 6.04 Å². The summed E-state index contributed by atoms with van der Waals surface area (Å²) in [6, 6.07) is 4.79. The predicted molar refractivity (Wildman–Crippen MR) is 115 cm³/mol. The Hall–Kier alpha value is -0.830. The van der Waals surface area contributed by atoms with Crippen molar-refractivity contribution in [3.63, 3.8) is 0 Å². The van der Waals surface area contributed by atoms with Crippen LogP contribution in [0.25, 0.3) is 0 Å². The zero-order valence-electron chi connectivity index (χ0n) is 15.2. The lowest BCUT2D eigenvalue weighted by molar-refractivity contribution is -0.127. The van der Waals surface area contributed by atoms with Gasteiger partial charge < -0.3 is 15.5 Å². The number of aryl methyl sites for hydroxylation is 1. The zero-order chi connectivity index (χ0) is 17.1. The molecule has 25 heavy (non-hydrogen) atoms. The molecule has 2 N–H and O–H groups in total. The number of halogens is 1. The number of nitrogens with one attached hydrogen (secondary N) is 2. The smallest absolute Gasteiger partial charge is 0.243 e. The first-order valence-electron chi connectivity index (χ1n) is 8.81. The Balaban J connectivity index is 0.00000225. The highest BCUT2D eigenvalue weighted by atomic mass is 127. The summed E-state index contributed by atoms with van der Waals surface area (Å²) >= 11 is 1.79. The van der Waals surface area contributed by atoms with Gasteiger partial charge in [-0.2, -0.15) is 0 Å². The second-order valence-electron chi connectivity index (χ2n) is 7.24. The van der Waals surface area contributed by atoms with Crippen LogP contribution in [0.4, 0.5) is 0 Å². The van der Waals surface area contributed by atoms with Gasteiger partial charge in [0.2, 0.25) is 5.91 Å². The fourth-order valence-corrected chi connectivity index (χ4v) is 4.62. The summed E-state index contributed by atoms with van der Waals surface area (Å²) in [4.78, 5) is 20.6. The van der Waals surface area contributed by atoms with E-state index >= 15 is 0 Å². The number of amides is 1. The molecule has 0 aliphatic heterocycles. The van der Waals surface area contributed by atoms with Crippen LogP contribution in [0.3, 0.4) is 0 Å². The fraction of sp³-hybridized carbons (Fsp3) is 0.667. The van der Waals surface area contributed by atoms with E-state index in [4.69, 9.17) is 0 Å². The highest BCUT2D eigenvalue weighted by Gasteiger charge is 2.39. The molecule has 1 aromatic rings. The standard InChI is InChI=1S/C18H28N4OS.HI/c1-12-4-7-15(24-12)10-19-18(20-11-17(23)22(2)3)21-16-9-13-5-6-14(16)8-13;/h4,7,13-14,16H,5-6,8-11H2,1-3H3,(H2,19,20,21);1H. The molecule has 2 bridgehead atoms. The molecule has 1 amide bonds. The third-order valence-electron chi connectivity index (χ3n) is 5.16. The number of hydrogen-bond donors (Lipinski definition) is 2. The van der Waals surface area contributed by atoms with Gasteiger partial charge in [-0.05, 0) is 50.2 Å². The first-order chi connectivity index (χ1) is 11.5. The summed E-state index contributed by atoms with van der Waals surface area (Å²) in [6.45, 7) is 3.06. The van der Waals surface area contributed by atoms with Crippen LogP contribution in [0, 0.1) is 18.8 Å². The molecule has 0 saturated heterocycles. The van der Waals surface area contributed by atoms with Gasteiger partial charge in [0.25, 0.3) is 0 Å². The molecule has 7 heteroatoms. The van der Waals surface area contributed by atoms with Gasteiger partial charge in [-0.1, -0.05) is 6.42 Å². The normalized spacial score (nSPS) is 24.8. The molecular weight excluding hydrogens is 447 g/mol. The average Bonchev–Trinajstić information content (AvgIpc) is 3.26. The maximum absolute atomic E-state index is 11.9. The van der Waals surface area contributed by atoms with E-state index in [1.165, 1.54) is 35.4 Å². The first kappa shape index (κ1) is 20.5. The molecule has 5 nitrogen and oxygen atoms in total. The van der Waals surface area contributed by atoms with Crippen molar-refractivity contribution < 1.29 is 4.79 Å². The summed E-state index contributed by atoms with van der Waals surface area (Å²) < 4.78 is 0. The molecule has 2 fully saturated rings. The Morgan fingerprint density at radius 3 is 2.68 bits per heavy atom. The van der Waals surface area contributed by atoms with Crippen LogP contribution in [-0.2, 0) is 11.3 Å². The molecule has 140 valence electrons. The number of hydrogen-bond acceptors (Lipinski definition) is 3. The lowest BCUT2D eigenvalue weighted by Gasteiger charge is -2.25. The molecule has 1 heterocycles. The second kappa shape index (κ2) is 9.21. The number of fused-ring (bicyclic) bond motifs is 2. The van der Waals surface area contributed by atoms with E-state index in [1.807, 2.05) is 0 Å².